The van der Waals surface area contributed by atoms with Gasteiger partial charge >= 0.3 is 6.55 Å². The van der Waals surface area contributed by atoms with Gasteiger partial charge in [0.2, 0.25) is 10.0 Å². The molecule has 0 unspecified atom stereocenters. The van der Waals surface area contributed by atoms with E-state index in [-0.39, 0.29) is 49.4 Å². The van der Waals surface area contributed by atoms with Gasteiger partial charge in [-0.2, -0.15) is 13.9 Å². The van der Waals surface area contributed by atoms with Crippen molar-refractivity contribution in [3.63, 3.8) is 0 Å². The SMILES string of the molecule is C[C@]1(NS(=O)(=O)[C@H]2CC[C@](O)(c3ccccn3)CC2)CC2=C(c3ccn(C(F)F)n3)[C@H](c3ccc(F)cc3Cl)N=C(c3nccs3)N2C1. The first-order valence-electron chi connectivity index (χ1n) is 15.3. The van der Waals surface area contributed by atoms with Crippen LogP contribution in [0.25, 0.3) is 5.57 Å². The number of sulfonamides is 1. The second-order valence-electron chi connectivity index (χ2n) is 12.6. The molecule has 2 fully saturated rings. The first-order chi connectivity index (χ1) is 22.9. The van der Waals surface area contributed by atoms with Crippen molar-refractivity contribution in [2.75, 3.05) is 6.54 Å². The van der Waals surface area contributed by atoms with Crippen molar-refractivity contribution >= 4 is 44.4 Å². The summed E-state index contributed by atoms with van der Waals surface area (Å²) in [5, 5.41) is 17.1. The highest BCUT2D eigenvalue weighted by Gasteiger charge is 2.49. The third kappa shape index (κ3) is 6.06. The molecule has 0 amide bonds. The molecule has 2 aliphatic heterocycles. The monoisotopic (exact) mass is 717 g/mol. The number of aliphatic hydroxyl groups is 1. The zero-order valence-electron chi connectivity index (χ0n) is 25.6. The van der Waals surface area contributed by atoms with Crippen LogP contribution < -0.4 is 4.72 Å². The summed E-state index contributed by atoms with van der Waals surface area (Å²) < 4.78 is 73.0. The molecule has 3 aromatic heterocycles. The third-order valence-corrected chi connectivity index (χ3v) is 12.4. The normalized spacial score (nSPS) is 26.2. The number of nitrogens with one attached hydrogen (secondary N) is 1. The van der Waals surface area contributed by atoms with Crippen LogP contribution >= 0.6 is 22.9 Å². The van der Waals surface area contributed by atoms with Crippen molar-refractivity contribution in [3.8, 4) is 0 Å². The number of amidine groups is 1. The van der Waals surface area contributed by atoms with E-state index >= 15 is 0 Å². The fourth-order valence-corrected chi connectivity index (χ4v) is 9.68. The van der Waals surface area contributed by atoms with E-state index in [2.05, 4.69) is 19.8 Å². The summed E-state index contributed by atoms with van der Waals surface area (Å²) >= 11 is 7.89. The van der Waals surface area contributed by atoms with Crippen molar-refractivity contribution in [2.24, 2.45) is 4.99 Å². The van der Waals surface area contributed by atoms with Gasteiger partial charge in [0, 0.05) is 58.8 Å². The van der Waals surface area contributed by atoms with E-state index in [9.17, 15) is 26.7 Å². The lowest BCUT2D eigenvalue weighted by molar-refractivity contribution is -0.00385. The molecule has 10 nitrogen and oxygen atoms in total. The van der Waals surface area contributed by atoms with Crippen LogP contribution in [0.15, 0.2) is 77.1 Å². The van der Waals surface area contributed by atoms with E-state index < -0.39 is 44.8 Å². The van der Waals surface area contributed by atoms with E-state index in [1.807, 2.05) is 4.90 Å². The molecule has 2 atom stereocenters. The Labute approximate surface area is 284 Å². The number of thiazole rings is 1. The van der Waals surface area contributed by atoms with Gasteiger partial charge in [0.25, 0.3) is 0 Å². The zero-order valence-corrected chi connectivity index (χ0v) is 28.0. The Bertz CT molecular complexity index is 2000. The van der Waals surface area contributed by atoms with Crippen LogP contribution in [0, 0.1) is 5.82 Å². The van der Waals surface area contributed by atoms with Gasteiger partial charge in [-0.3, -0.25) is 9.98 Å². The number of benzene rings is 1. The van der Waals surface area contributed by atoms with Gasteiger partial charge in [-0.25, -0.2) is 27.2 Å². The topological polar surface area (TPSA) is 126 Å². The minimum Gasteiger partial charge on any atom is -0.384 e. The molecule has 252 valence electrons. The Morgan fingerprint density at radius 1 is 1.12 bits per heavy atom. The lowest BCUT2D eigenvalue weighted by Gasteiger charge is -2.36. The average molecular weight is 718 g/mol. The summed E-state index contributed by atoms with van der Waals surface area (Å²) in [5.74, 6) is -0.103. The smallest absolute Gasteiger partial charge is 0.333 e. The molecule has 1 aromatic carbocycles. The zero-order chi connectivity index (χ0) is 33.8. The minimum absolute atomic E-state index is 0.0894. The molecule has 3 aliphatic rings. The van der Waals surface area contributed by atoms with Gasteiger partial charge in [-0.15, -0.1) is 11.3 Å². The van der Waals surface area contributed by atoms with Crippen LogP contribution in [0.2, 0.25) is 5.02 Å². The van der Waals surface area contributed by atoms with E-state index in [0.717, 1.165) is 12.3 Å². The summed E-state index contributed by atoms with van der Waals surface area (Å²) in [6, 6.07) is 9.77. The van der Waals surface area contributed by atoms with E-state index in [1.165, 1.54) is 29.5 Å². The number of nitrogens with zero attached hydrogens (tertiary/aromatic N) is 6. The maximum absolute atomic E-state index is 14.2. The first kappa shape index (κ1) is 32.9. The number of pyridine rings is 1. The molecular weight excluding hydrogens is 687 g/mol. The number of alkyl halides is 2. The molecule has 48 heavy (non-hydrogen) atoms. The fraction of sp³-hybridized carbons (Fsp3) is 0.375. The molecule has 4 aromatic rings. The number of rotatable bonds is 8. The van der Waals surface area contributed by atoms with Crippen LogP contribution in [0.3, 0.4) is 0 Å². The highest BCUT2D eigenvalue weighted by atomic mass is 35.5. The van der Waals surface area contributed by atoms with Gasteiger partial charge in [-0.1, -0.05) is 23.7 Å². The molecule has 1 aliphatic carbocycles. The van der Waals surface area contributed by atoms with Crippen molar-refractivity contribution in [2.45, 2.75) is 68.0 Å². The van der Waals surface area contributed by atoms with Gasteiger partial charge in [0.05, 0.1) is 22.2 Å². The Kier molecular flexibility index (Phi) is 8.47. The maximum atomic E-state index is 14.2. The molecular formula is C32H31ClF3N7O3S2. The highest BCUT2D eigenvalue weighted by Crippen LogP contribution is 2.48. The number of aliphatic imine (C=N–C) groups is 1. The maximum Gasteiger partial charge on any atom is 0.333 e. The Morgan fingerprint density at radius 3 is 2.56 bits per heavy atom. The van der Waals surface area contributed by atoms with E-state index in [4.69, 9.17) is 16.6 Å². The lowest BCUT2D eigenvalue weighted by Crippen LogP contribution is -2.52. The van der Waals surface area contributed by atoms with Crippen LogP contribution in [0.1, 0.15) is 73.6 Å². The molecule has 5 heterocycles. The Balaban J connectivity index is 1.26. The quantitative estimate of drug-likeness (QED) is 0.227. The summed E-state index contributed by atoms with van der Waals surface area (Å²) in [6.45, 7) is -0.941. The summed E-state index contributed by atoms with van der Waals surface area (Å²) in [7, 11) is -3.90. The molecule has 0 radical (unpaired) electrons. The van der Waals surface area contributed by atoms with Gasteiger partial charge in [-0.05, 0) is 62.9 Å². The summed E-state index contributed by atoms with van der Waals surface area (Å²) in [4.78, 5) is 15.6. The van der Waals surface area contributed by atoms with Gasteiger partial charge in [0.15, 0.2) is 10.8 Å². The van der Waals surface area contributed by atoms with E-state index in [1.54, 1.807) is 42.9 Å². The predicted octanol–water partition coefficient (Wildman–Crippen LogP) is 6.05. The molecule has 0 bridgehead atoms. The molecule has 16 heteroatoms. The van der Waals surface area contributed by atoms with Crippen LogP contribution in [0.5, 0.6) is 0 Å². The molecule has 2 N–H and O–H groups in total. The highest BCUT2D eigenvalue weighted by molar-refractivity contribution is 7.90. The summed E-state index contributed by atoms with van der Waals surface area (Å²) in [6.07, 6.45) is 5.49. The fourth-order valence-electron chi connectivity index (χ4n) is 6.92. The van der Waals surface area contributed by atoms with E-state index in [0.29, 0.717) is 38.1 Å². The van der Waals surface area contributed by atoms with Gasteiger partial charge < -0.3 is 10.0 Å². The van der Waals surface area contributed by atoms with Crippen molar-refractivity contribution in [3.05, 3.63) is 105 Å². The van der Waals surface area contributed by atoms with Crippen LogP contribution in [-0.2, 0) is 15.6 Å². The second kappa shape index (κ2) is 12.4. The molecule has 7 rings (SSSR count). The largest absolute Gasteiger partial charge is 0.384 e. The first-order valence-corrected chi connectivity index (χ1v) is 18.1. The van der Waals surface area contributed by atoms with Crippen LogP contribution in [-0.4, -0.2) is 61.3 Å². The molecule has 1 saturated heterocycles. The van der Waals surface area contributed by atoms with Crippen LogP contribution in [0.4, 0.5) is 13.2 Å². The van der Waals surface area contributed by atoms with Crippen molar-refractivity contribution in [1.82, 2.24) is 29.4 Å². The number of hydrogen-bond acceptors (Lipinski definition) is 9. The molecule has 0 spiro atoms. The third-order valence-electron chi connectivity index (χ3n) is 9.18. The van der Waals surface area contributed by atoms with Crippen molar-refractivity contribution < 1.29 is 26.7 Å². The Hall–Kier alpha value is -3.63. The second-order valence-corrected chi connectivity index (χ2v) is 15.9. The number of aromatic nitrogens is 4. The average Bonchev–Trinajstić information content (AvgIpc) is 3.81. The van der Waals surface area contributed by atoms with Crippen molar-refractivity contribution in [1.29, 1.82) is 0 Å². The Morgan fingerprint density at radius 2 is 1.92 bits per heavy atom. The number of halogens is 4. The standard InChI is InChI=1S/C32H31ClF3N7O3S2/c1-31(41-48(45,46)20-7-10-32(44,11-8-20)25-4-2-3-12-37-25)17-24-26(23-9-14-43(40-23)30(35)36)27(21-6-5-19(34)16-22(21)33)39-28(42(24)18-31)29-38-13-15-47-29/h2-6,9,12-16,20,27,30,41,44H,7-8,10-11,17-18H2,1H3/t20-,27-,31-,32+/m0/s1. The minimum atomic E-state index is -3.90. The number of hydrogen-bond donors (Lipinski definition) is 2. The lowest BCUT2D eigenvalue weighted by atomic mass is 9.82. The molecule has 1 saturated carbocycles. The summed E-state index contributed by atoms with van der Waals surface area (Å²) in [5.41, 5.74) is -0.0514. The predicted molar refractivity (Wildman–Crippen MR) is 175 cm³/mol. The van der Waals surface area contributed by atoms with Gasteiger partial charge in [0.1, 0.15) is 17.5 Å². The number of fused-ring (bicyclic) bond motifs is 1.